The molecule has 1 aromatic heterocycles. The molecule has 0 aromatic carbocycles. The maximum Gasteiger partial charge on any atom is 0.233 e. The van der Waals surface area contributed by atoms with Gasteiger partial charge in [0.05, 0.1) is 16.8 Å². The summed E-state index contributed by atoms with van der Waals surface area (Å²) in [6.07, 6.45) is 5.09. The highest BCUT2D eigenvalue weighted by Crippen LogP contribution is 2.30. The van der Waals surface area contributed by atoms with E-state index in [4.69, 9.17) is 0 Å². The lowest BCUT2D eigenvalue weighted by Gasteiger charge is -2.16. The molecule has 134 valence electrons. The first-order chi connectivity index (χ1) is 11.4. The van der Waals surface area contributed by atoms with E-state index in [9.17, 15) is 13.2 Å². The Kier molecular flexibility index (Phi) is 5.19. The zero-order valence-corrected chi connectivity index (χ0v) is 15.7. The normalized spacial score (nSPS) is 25.0. The van der Waals surface area contributed by atoms with Crippen molar-refractivity contribution >= 4 is 27.5 Å². The summed E-state index contributed by atoms with van der Waals surface area (Å²) in [4.78, 5) is 12.3. The van der Waals surface area contributed by atoms with Gasteiger partial charge in [-0.25, -0.2) is 8.42 Å². The molecule has 2 heterocycles. The average molecular weight is 373 g/mol. The summed E-state index contributed by atoms with van der Waals surface area (Å²) in [5.41, 5.74) is 0. The number of hydrogen-bond acceptors (Lipinski definition) is 6. The molecule has 1 aliphatic carbocycles. The minimum Gasteiger partial charge on any atom is -0.352 e. The Labute approximate surface area is 146 Å². The van der Waals surface area contributed by atoms with Crippen molar-refractivity contribution in [2.75, 3.05) is 11.5 Å². The highest BCUT2D eigenvalue weighted by atomic mass is 32.2. The Bertz CT molecular complexity index is 710. The van der Waals surface area contributed by atoms with Crippen molar-refractivity contribution in [1.29, 1.82) is 0 Å². The highest BCUT2D eigenvalue weighted by Gasteiger charge is 2.33. The Balaban J connectivity index is 1.62. The van der Waals surface area contributed by atoms with Crippen LogP contribution in [-0.2, 0) is 21.7 Å². The van der Waals surface area contributed by atoms with Crippen molar-refractivity contribution in [3.63, 3.8) is 0 Å². The predicted octanol–water partition coefficient (Wildman–Crippen LogP) is 1.26. The van der Waals surface area contributed by atoms with Crippen LogP contribution in [0.25, 0.3) is 0 Å². The maximum atomic E-state index is 12.3. The minimum absolute atomic E-state index is 0.0277. The van der Waals surface area contributed by atoms with Gasteiger partial charge in [0.2, 0.25) is 5.91 Å². The molecule has 0 bridgehead atoms. The van der Waals surface area contributed by atoms with E-state index in [1.165, 1.54) is 24.6 Å². The third-order valence-electron chi connectivity index (χ3n) is 4.82. The standard InChI is InChI=1S/C15H24N4O3S2/c1-10(14(20)16-12-5-3-4-6-12)23-15-18-17-13(19(15)2)11-7-8-24(21,22)9-11/h10-12H,3-9H2,1-2H3,(H,16,20)/t10-,11-/m1/s1. The number of rotatable bonds is 5. The Morgan fingerprint density at radius 1 is 1.29 bits per heavy atom. The first-order valence-corrected chi connectivity index (χ1v) is 11.1. The van der Waals surface area contributed by atoms with E-state index in [0.717, 1.165) is 12.8 Å². The van der Waals surface area contributed by atoms with Crippen LogP contribution in [0.3, 0.4) is 0 Å². The van der Waals surface area contributed by atoms with E-state index in [-0.39, 0.29) is 28.6 Å². The lowest BCUT2D eigenvalue weighted by atomic mass is 10.1. The molecule has 2 aliphatic rings. The number of sulfone groups is 1. The van der Waals surface area contributed by atoms with Gasteiger partial charge in [0.25, 0.3) is 0 Å². The molecular weight excluding hydrogens is 348 g/mol. The molecule has 2 atom stereocenters. The summed E-state index contributed by atoms with van der Waals surface area (Å²) in [6, 6.07) is 0.305. The number of nitrogens with one attached hydrogen (secondary N) is 1. The van der Waals surface area contributed by atoms with Crippen molar-refractivity contribution in [3.05, 3.63) is 5.82 Å². The third-order valence-corrected chi connectivity index (χ3v) is 7.72. The third kappa shape index (κ3) is 3.93. The molecule has 1 aromatic rings. The second-order valence-corrected chi connectivity index (χ2v) is 10.3. The second-order valence-electron chi connectivity index (χ2n) is 6.75. The molecule has 1 saturated heterocycles. The highest BCUT2D eigenvalue weighted by molar-refractivity contribution is 8.00. The van der Waals surface area contributed by atoms with Crippen molar-refractivity contribution in [3.8, 4) is 0 Å². The van der Waals surface area contributed by atoms with E-state index in [2.05, 4.69) is 15.5 Å². The van der Waals surface area contributed by atoms with E-state index in [0.29, 0.717) is 23.4 Å². The molecule has 0 spiro atoms. The average Bonchev–Trinajstić information content (AvgIpc) is 3.22. The van der Waals surface area contributed by atoms with Gasteiger partial charge in [-0.2, -0.15) is 0 Å². The van der Waals surface area contributed by atoms with Crippen molar-refractivity contribution < 1.29 is 13.2 Å². The number of thioether (sulfide) groups is 1. The zero-order chi connectivity index (χ0) is 17.3. The molecule has 7 nitrogen and oxygen atoms in total. The maximum absolute atomic E-state index is 12.3. The Hall–Kier alpha value is -1.09. The topological polar surface area (TPSA) is 93.9 Å². The van der Waals surface area contributed by atoms with E-state index >= 15 is 0 Å². The molecule has 0 unspecified atom stereocenters. The summed E-state index contributed by atoms with van der Waals surface area (Å²) >= 11 is 1.37. The molecule has 1 N–H and O–H groups in total. The number of hydrogen-bond donors (Lipinski definition) is 1. The largest absolute Gasteiger partial charge is 0.352 e. The van der Waals surface area contributed by atoms with Crippen molar-refractivity contribution in [1.82, 2.24) is 20.1 Å². The first-order valence-electron chi connectivity index (χ1n) is 8.42. The van der Waals surface area contributed by atoms with Gasteiger partial charge >= 0.3 is 0 Å². The SMILES string of the molecule is C[C@@H](Sc1nnc([C@@H]2CCS(=O)(=O)C2)n1C)C(=O)NC1CCCC1. The number of carbonyl (C=O) groups excluding carboxylic acids is 1. The molecule has 2 fully saturated rings. The summed E-state index contributed by atoms with van der Waals surface area (Å²) in [7, 11) is -1.12. The summed E-state index contributed by atoms with van der Waals surface area (Å²) in [5, 5.41) is 11.8. The van der Waals surface area contributed by atoms with Gasteiger partial charge in [0.1, 0.15) is 5.82 Å². The zero-order valence-electron chi connectivity index (χ0n) is 14.1. The van der Waals surface area contributed by atoms with Gasteiger partial charge in [-0.05, 0) is 26.2 Å². The van der Waals surface area contributed by atoms with Gasteiger partial charge in [-0.1, -0.05) is 24.6 Å². The van der Waals surface area contributed by atoms with Gasteiger partial charge in [-0.3, -0.25) is 4.79 Å². The van der Waals surface area contributed by atoms with Crippen LogP contribution in [-0.4, -0.2) is 51.9 Å². The molecule has 1 amide bonds. The van der Waals surface area contributed by atoms with Gasteiger partial charge in [-0.15, -0.1) is 10.2 Å². The molecule has 24 heavy (non-hydrogen) atoms. The van der Waals surface area contributed by atoms with Crippen LogP contribution in [0, 0.1) is 0 Å². The summed E-state index contributed by atoms with van der Waals surface area (Å²) < 4.78 is 25.1. The van der Waals surface area contributed by atoms with Crippen LogP contribution >= 0.6 is 11.8 Å². The monoisotopic (exact) mass is 372 g/mol. The van der Waals surface area contributed by atoms with Crippen LogP contribution in [0.4, 0.5) is 0 Å². The Morgan fingerprint density at radius 2 is 2.00 bits per heavy atom. The van der Waals surface area contributed by atoms with Crippen molar-refractivity contribution in [2.24, 2.45) is 7.05 Å². The summed E-state index contributed by atoms with van der Waals surface area (Å²) in [5.74, 6) is 0.987. The fourth-order valence-corrected chi connectivity index (χ4v) is 5.95. The quantitative estimate of drug-likeness (QED) is 0.782. The second kappa shape index (κ2) is 7.03. The summed E-state index contributed by atoms with van der Waals surface area (Å²) in [6.45, 7) is 1.86. The fraction of sp³-hybridized carbons (Fsp3) is 0.800. The minimum atomic E-state index is -2.95. The van der Waals surface area contributed by atoms with E-state index in [1.54, 1.807) is 0 Å². The van der Waals surface area contributed by atoms with Crippen LogP contribution in [0.15, 0.2) is 5.16 Å². The number of aromatic nitrogens is 3. The van der Waals surface area contributed by atoms with Crippen molar-refractivity contribution in [2.45, 2.75) is 61.4 Å². The van der Waals surface area contributed by atoms with Gasteiger partial charge in [0.15, 0.2) is 15.0 Å². The van der Waals surface area contributed by atoms with Crippen LogP contribution < -0.4 is 5.32 Å². The predicted molar refractivity (Wildman–Crippen MR) is 92.7 cm³/mol. The molecule has 3 rings (SSSR count). The molecular formula is C15H24N4O3S2. The smallest absolute Gasteiger partial charge is 0.233 e. The lowest BCUT2D eigenvalue weighted by molar-refractivity contribution is -0.120. The van der Waals surface area contributed by atoms with E-state index in [1.807, 2.05) is 18.5 Å². The van der Waals surface area contributed by atoms with Gasteiger partial charge < -0.3 is 9.88 Å². The fourth-order valence-electron chi connectivity index (χ4n) is 3.38. The van der Waals surface area contributed by atoms with Gasteiger partial charge in [0, 0.05) is 19.0 Å². The van der Waals surface area contributed by atoms with Crippen LogP contribution in [0.5, 0.6) is 0 Å². The van der Waals surface area contributed by atoms with Crippen LogP contribution in [0.1, 0.15) is 50.8 Å². The number of carbonyl (C=O) groups is 1. The first kappa shape index (κ1) is 17.7. The van der Waals surface area contributed by atoms with E-state index < -0.39 is 9.84 Å². The molecule has 9 heteroatoms. The molecule has 0 radical (unpaired) electrons. The lowest BCUT2D eigenvalue weighted by Crippen LogP contribution is -2.37. The molecule has 1 aliphatic heterocycles. The van der Waals surface area contributed by atoms with Crippen LogP contribution in [0.2, 0.25) is 0 Å². The number of nitrogens with zero attached hydrogens (tertiary/aromatic N) is 3. The number of amides is 1. The molecule has 1 saturated carbocycles. The Morgan fingerprint density at radius 3 is 2.62 bits per heavy atom.